The molecule has 0 atom stereocenters. The Morgan fingerprint density at radius 2 is 2.06 bits per heavy atom. The van der Waals surface area contributed by atoms with Gasteiger partial charge in [-0.05, 0) is 19.1 Å². The summed E-state index contributed by atoms with van der Waals surface area (Å²) in [6, 6.07) is 5.00. The van der Waals surface area contributed by atoms with Crippen LogP contribution in [0, 0.1) is 4.64 Å². The molecule has 0 amide bonds. The molecule has 0 unspecified atom stereocenters. The minimum Gasteiger partial charge on any atom is -0.463 e. The van der Waals surface area contributed by atoms with Gasteiger partial charge in [0.1, 0.15) is 4.64 Å². The van der Waals surface area contributed by atoms with Crippen molar-refractivity contribution in [2.75, 3.05) is 6.61 Å². The highest BCUT2D eigenvalue weighted by atomic mass is 32.1. The molecule has 0 bridgehead atoms. The van der Waals surface area contributed by atoms with Crippen LogP contribution in [0.1, 0.15) is 6.92 Å². The van der Waals surface area contributed by atoms with Gasteiger partial charge in [0, 0.05) is 18.3 Å². The maximum Gasteiger partial charge on any atom is 0.356 e. The lowest BCUT2D eigenvalue weighted by Gasteiger charge is -2.03. The SMILES string of the molecule is CCOC(=O)/C=C/C(=O)On1ccccc1=S. The van der Waals surface area contributed by atoms with Gasteiger partial charge in [-0.15, -0.1) is 0 Å². The van der Waals surface area contributed by atoms with Crippen LogP contribution in [0.3, 0.4) is 0 Å². The van der Waals surface area contributed by atoms with E-state index >= 15 is 0 Å². The molecule has 0 radical (unpaired) electrons. The number of carbonyl (C=O) groups excluding carboxylic acids is 2. The standard InChI is InChI=1S/C11H11NO4S/c1-2-15-10(13)6-7-11(14)16-12-8-4-3-5-9(12)17/h3-8H,2H2,1H3/b7-6+. The molecule has 0 N–H and O–H groups in total. The average Bonchev–Trinajstić information content (AvgIpc) is 2.30. The molecule has 0 fully saturated rings. The Labute approximate surface area is 103 Å². The number of hydrogen-bond acceptors (Lipinski definition) is 5. The molecule has 0 spiro atoms. The second kappa shape index (κ2) is 6.59. The summed E-state index contributed by atoms with van der Waals surface area (Å²) in [4.78, 5) is 27.1. The molecule has 0 aliphatic rings. The number of rotatable bonds is 4. The Hall–Kier alpha value is -1.95. The van der Waals surface area contributed by atoms with Crippen LogP contribution in [0.25, 0.3) is 0 Å². The van der Waals surface area contributed by atoms with E-state index in [1.807, 2.05) is 0 Å². The first-order valence-electron chi connectivity index (χ1n) is 4.88. The van der Waals surface area contributed by atoms with Gasteiger partial charge in [-0.2, -0.15) is 4.73 Å². The highest BCUT2D eigenvalue weighted by molar-refractivity contribution is 7.71. The van der Waals surface area contributed by atoms with Gasteiger partial charge in [-0.3, -0.25) is 0 Å². The van der Waals surface area contributed by atoms with Crippen molar-refractivity contribution in [1.29, 1.82) is 0 Å². The normalized spacial score (nSPS) is 10.2. The molecule has 1 aromatic rings. The summed E-state index contributed by atoms with van der Waals surface area (Å²) in [6.07, 6.45) is 3.48. The number of pyridine rings is 1. The molecule has 0 saturated heterocycles. The topological polar surface area (TPSA) is 57.5 Å². The maximum atomic E-state index is 11.3. The van der Waals surface area contributed by atoms with Crippen LogP contribution in [0.4, 0.5) is 0 Å². The number of esters is 1. The van der Waals surface area contributed by atoms with E-state index in [-0.39, 0.29) is 6.61 Å². The molecule has 17 heavy (non-hydrogen) atoms. The number of hydrogen-bond donors (Lipinski definition) is 0. The molecule has 1 rings (SSSR count). The van der Waals surface area contributed by atoms with Crippen molar-refractivity contribution in [3.05, 3.63) is 41.2 Å². The Balaban J connectivity index is 2.59. The zero-order valence-electron chi connectivity index (χ0n) is 9.16. The molecule has 0 saturated carbocycles. The van der Waals surface area contributed by atoms with Crippen molar-refractivity contribution < 1.29 is 19.2 Å². The van der Waals surface area contributed by atoms with Gasteiger partial charge in [0.25, 0.3) is 0 Å². The number of nitrogens with zero attached hydrogens (tertiary/aromatic N) is 1. The number of ether oxygens (including phenoxy) is 1. The average molecular weight is 253 g/mol. The second-order valence-electron chi connectivity index (χ2n) is 2.86. The first-order chi connectivity index (χ1) is 8.13. The van der Waals surface area contributed by atoms with E-state index in [2.05, 4.69) is 4.74 Å². The lowest BCUT2D eigenvalue weighted by Crippen LogP contribution is -2.18. The Morgan fingerprint density at radius 3 is 2.71 bits per heavy atom. The Bertz CT molecular complexity index is 492. The fraction of sp³-hybridized carbons (Fsp3) is 0.182. The van der Waals surface area contributed by atoms with Crippen LogP contribution in [-0.2, 0) is 14.3 Å². The predicted molar refractivity (Wildman–Crippen MR) is 62.6 cm³/mol. The van der Waals surface area contributed by atoms with Crippen molar-refractivity contribution in [1.82, 2.24) is 4.73 Å². The predicted octanol–water partition coefficient (Wildman–Crippen LogP) is 1.29. The van der Waals surface area contributed by atoms with E-state index in [0.29, 0.717) is 4.64 Å². The second-order valence-corrected chi connectivity index (χ2v) is 3.28. The quantitative estimate of drug-likeness (QED) is 0.460. The van der Waals surface area contributed by atoms with E-state index in [0.717, 1.165) is 16.9 Å². The van der Waals surface area contributed by atoms with Crippen LogP contribution in [0.5, 0.6) is 0 Å². The van der Waals surface area contributed by atoms with Crippen LogP contribution in [0.15, 0.2) is 36.5 Å². The summed E-state index contributed by atoms with van der Waals surface area (Å²) < 4.78 is 6.09. The van der Waals surface area contributed by atoms with E-state index in [9.17, 15) is 9.59 Å². The lowest BCUT2D eigenvalue weighted by atomic mass is 10.5. The monoisotopic (exact) mass is 253 g/mol. The van der Waals surface area contributed by atoms with Gasteiger partial charge in [-0.25, -0.2) is 9.59 Å². The third-order valence-corrected chi connectivity index (χ3v) is 1.94. The molecular weight excluding hydrogens is 242 g/mol. The first-order valence-corrected chi connectivity index (χ1v) is 5.29. The van der Waals surface area contributed by atoms with E-state index in [1.165, 1.54) is 6.20 Å². The first kappa shape index (κ1) is 13.1. The summed E-state index contributed by atoms with van der Waals surface area (Å²) in [5.74, 6) is -1.30. The minimum absolute atomic E-state index is 0.252. The largest absolute Gasteiger partial charge is 0.463 e. The number of carbonyl (C=O) groups is 2. The van der Waals surface area contributed by atoms with E-state index in [4.69, 9.17) is 17.1 Å². The zero-order chi connectivity index (χ0) is 12.7. The van der Waals surface area contributed by atoms with E-state index < -0.39 is 11.9 Å². The summed E-state index contributed by atoms with van der Waals surface area (Å²) >= 11 is 4.92. The maximum absolute atomic E-state index is 11.3. The summed E-state index contributed by atoms with van der Waals surface area (Å²) in [6.45, 7) is 1.93. The Morgan fingerprint density at radius 1 is 1.35 bits per heavy atom. The highest BCUT2D eigenvalue weighted by Crippen LogP contribution is 1.91. The fourth-order valence-electron chi connectivity index (χ4n) is 0.942. The smallest absolute Gasteiger partial charge is 0.356 e. The minimum atomic E-state index is -0.708. The molecule has 0 aromatic carbocycles. The molecule has 5 nitrogen and oxygen atoms in total. The van der Waals surface area contributed by atoms with Gasteiger partial charge in [0.05, 0.1) is 6.61 Å². The van der Waals surface area contributed by atoms with Crippen LogP contribution >= 0.6 is 12.2 Å². The number of aromatic nitrogens is 1. The molecule has 1 aromatic heterocycles. The molecular formula is C11H11NO4S. The zero-order valence-corrected chi connectivity index (χ0v) is 9.98. The fourth-order valence-corrected chi connectivity index (χ4v) is 1.12. The summed E-state index contributed by atoms with van der Waals surface area (Å²) in [5.41, 5.74) is 0. The van der Waals surface area contributed by atoms with Gasteiger partial charge in [-0.1, -0.05) is 18.3 Å². The summed E-state index contributed by atoms with van der Waals surface area (Å²) in [5, 5.41) is 0. The van der Waals surface area contributed by atoms with Crippen molar-refractivity contribution in [2.45, 2.75) is 6.92 Å². The molecule has 6 heteroatoms. The molecule has 90 valence electrons. The molecule has 0 aliphatic heterocycles. The van der Waals surface area contributed by atoms with Crippen molar-refractivity contribution in [2.24, 2.45) is 0 Å². The van der Waals surface area contributed by atoms with Crippen molar-refractivity contribution in [3.8, 4) is 0 Å². The van der Waals surface area contributed by atoms with Gasteiger partial charge < -0.3 is 9.57 Å². The molecule has 0 aliphatic carbocycles. The van der Waals surface area contributed by atoms with Crippen LogP contribution in [0.2, 0.25) is 0 Å². The van der Waals surface area contributed by atoms with Crippen LogP contribution < -0.4 is 4.84 Å². The lowest BCUT2D eigenvalue weighted by molar-refractivity contribution is -0.140. The van der Waals surface area contributed by atoms with Crippen molar-refractivity contribution in [3.63, 3.8) is 0 Å². The highest BCUT2D eigenvalue weighted by Gasteiger charge is 2.01. The van der Waals surface area contributed by atoms with Gasteiger partial charge in [0.2, 0.25) is 0 Å². The van der Waals surface area contributed by atoms with Crippen molar-refractivity contribution >= 4 is 24.2 Å². The van der Waals surface area contributed by atoms with E-state index in [1.54, 1.807) is 25.1 Å². The van der Waals surface area contributed by atoms with Gasteiger partial charge >= 0.3 is 11.9 Å². The third-order valence-electron chi connectivity index (χ3n) is 1.62. The summed E-state index contributed by atoms with van der Waals surface area (Å²) in [7, 11) is 0. The third kappa shape index (κ3) is 4.60. The van der Waals surface area contributed by atoms with Gasteiger partial charge in [0.15, 0.2) is 0 Å². The molecule has 1 heterocycles. The Kier molecular flexibility index (Phi) is 5.09. The van der Waals surface area contributed by atoms with Crippen LogP contribution in [-0.4, -0.2) is 23.3 Å².